The van der Waals surface area contributed by atoms with Crippen LogP contribution in [0.15, 0.2) is 120 Å². The third-order valence-electron chi connectivity index (χ3n) is 8.44. The summed E-state index contributed by atoms with van der Waals surface area (Å²) < 4.78 is 1.17. The van der Waals surface area contributed by atoms with Crippen LogP contribution in [0.3, 0.4) is 0 Å². The Morgan fingerprint density at radius 2 is 1.15 bits per heavy atom. The van der Waals surface area contributed by atoms with Crippen molar-refractivity contribution in [1.82, 2.24) is 0 Å². The maximum atomic E-state index is 4.00. The molecule has 2 aliphatic carbocycles. The van der Waals surface area contributed by atoms with Crippen molar-refractivity contribution in [2.75, 3.05) is 0 Å². The largest absolute Gasteiger partial charge is 0.134 e. The molecule has 0 nitrogen and oxygen atoms in total. The average molecular weight is 582 g/mol. The van der Waals surface area contributed by atoms with E-state index in [2.05, 4.69) is 145 Å². The van der Waals surface area contributed by atoms with Crippen LogP contribution in [0.2, 0.25) is 0 Å². The minimum atomic E-state index is -0.383. The molecule has 0 saturated heterocycles. The van der Waals surface area contributed by atoms with Gasteiger partial charge in [-0.1, -0.05) is 131 Å². The van der Waals surface area contributed by atoms with E-state index in [1.807, 2.05) is 11.3 Å². The molecule has 0 saturated carbocycles. The summed E-state index contributed by atoms with van der Waals surface area (Å²) in [6.07, 6.45) is 0. The highest BCUT2D eigenvalue weighted by Crippen LogP contribution is 2.68. The van der Waals surface area contributed by atoms with Crippen LogP contribution in [0.25, 0.3) is 43.1 Å². The van der Waals surface area contributed by atoms with Gasteiger partial charge in [0, 0.05) is 25.4 Å². The van der Waals surface area contributed by atoms with Crippen LogP contribution in [0.1, 0.15) is 33.4 Å². The Morgan fingerprint density at radius 3 is 1.90 bits per heavy atom. The first kappa shape index (κ1) is 23.2. The van der Waals surface area contributed by atoms with Crippen molar-refractivity contribution in [3.63, 3.8) is 0 Å². The summed E-state index contributed by atoms with van der Waals surface area (Å²) in [6.45, 7) is 4.44. The number of thiophene rings is 1. The van der Waals surface area contributed by atoms with Gasteiger partial charge in [-0.3, -0.25) is 0 Å². The Hall–Kier alpha value is -3.72. The SMILES string of the molecule is Cc1ccc2c(c1)C1(c3ccccc3-c3c(-c4ccccc4)sc(-c4ccccc4)c31)c1cc(C)cc(Br)c1-2. The van der Waals surface area contributed by atoms with E-state index in [-0.39, 0.29) is 5.41 Å². The Labute approximate surface area is 241 Å². The lowest BCUT2D eigenvalue weighted by molar-refractivity contribution is 0.796. The standard InChI is InChI=1S/C37H25BrS/c1-22-17-18-27-29(19-22)37(30-20-23(2)21-31(38)32(27)30)28-16-10-9-15-26(28)33-34(37)36(25-13-7-4-8-14-25)39-35(33)24-11-5-3-6-12-24/h3-21H,1-2H3. The van der Waals surface area contributed by atoms with Crippen molar-refractivity contribution in [3.8, 4) is 43.1 Å². The van der Waals surface area contributed by atoms with E-state index >= 15 is 0 Å². The molecule has 2 heteroatoms. The summed E-state index contributed by atoms with van der Waals surface area (Å²) >= 11 is 5.95. The number of halogens is 1. The quantitative estimate of drug-likeness (QED) is 0.191. The minimum Gasteiger partial charge on any atom is -0.134 e. The Balaban J connectivity index is 1.62. The maximum Gasteiger partial charge on any atom is 0.0740 e. The smallest absolute Gasteiger partial charge is 0.0740 e. The molecule has 2 aliphatic rings. The van der Waals surface area contributed by atoms with Gasteiger partial charge in [0.25, 0.3) is 0 Å². The first-order valence-electron chi connectivity index (χ1n) is 13.4. The summed E-state index contributed by atoms with van der Waals surface area (Å²) in [5.41, 5.74) is 15.7. The van der Waals surface area contributed by atoms with Crippen LogP contribution < -0.4 is 0 Å². The minimum absolute atomic E-state index is 0.383. The molecule has 0 radical (unpaired) electrons. The molecule has 1 atom stereocenters. The number of hydrogen-bond acceptors (Lipinski definition) is 1. The topological polar surface area (TPSA) is 0 Å². The predicted molar refractivity (Wildman–Crippen MR) is 169 cm³/mol. The molecule has 8 rings (SSSR count). The first-order chi connectivity index (χ1) is 19.1. The molecule has 0 aliphatic heterocycles. The van der Waals surface area contributed by atoms with Gasteiger partial charge in [0.05, 0.1) is 5.41 Å². The second kappa shape index (κ2) is 8.39. The lowest BCUT2D eigenvalue weighted by atomic mass is 9.69. The molecule has 0 fully saturated rings. The highest BCUT2D eigenvalue weighted by Gasteiger charge is 2.55. The van der Waals surface area contributed by atoms with Crippen LogP contribution in [-0.4, -0.2) is 0 Å². The highest BCUT2D eigenvalue weighted by atomic mass is 79.9. The third-order valence-corrected chi connectivity index (χ3v) is 10.4. The van der Waals surface area contributed by atoms with Crippen LogP contribution in [0.5, 0.6) is 0 Å². The van der Waals surface area contributed by atoms with E-state index in [4.69, 9.17) is 0 Å². The van der Waals surface area contributed by atoms with Crippen LogP contribution in [0.4, 0.5) is 0 Å². The van der Waals surface area contributed by atoms with Gasteiger partial charge in [-0.2, -0.15) is 0 Å². The Morgan fingerprint density at radius 1 is 0.538 bits per heavy atom. The summed E-state index contributed by atoms with van der Waals surface area (Å²) in [6, 6.07) is 42.8. The third kappa shape index (κ3) is 3.05. The van der Waals surface area contributed by atoms with E-state index in [0.717, 1.165) is 0 Å². The van der Waals surface area contributed by atoms with Gasteiger partial charge in [-0.15, -0.1) is 11.3 Å². The monoisotopic (exact) mass is 580 g/mol. The molecule has 6 aromatic rings. The van der Waals surface area contributed by atoms with Crippen molar-refractivity contribution in [3.05, 3.63) is 153 Å². The summed E-state index contributed by atoms with van der Waals surface area (Å²) in [5, 5.41) is 0. The molecule has 1 spiro atoms. The number of benzene rings is 5. The van der Waals surface area contributed by atoms with Gasteiger partial charge in [0.1, 0.15) is 0 Å². The van der Waals surface area contributed by atoms with Crippen LogP contribution in [0, 0.1) is 13.8 Å². The summed E-state index contributed by atoms with van der Waals surface area (Å²) in [4.78, 5) is 2.71. The average Bonchev–Trinajstić information content (AvgIpc) is 3.58. The van der Waals surface area contributed by atoms with Crippen LogP contribution >= 0.6 is 27.3 Å². The normalized spacial score (nSPS) is 16.2. The van der Waals surface area contributed by atoms with Gasteiger partial charge < -0.3 is 0 Å². The Kier molecular flexibility index (Phi) is 4.99. The van der Waals surface area contributed by atoms with E-state index in [1.165, 1.54) is 81.0 Å². The van der Waals surface area contributed by atoms with Crippen molar-refractivity contribution >= 4 is 27.3 Å². The predicted octanol–water partition coefficient (Wildman–Crippen LogP) is 10.8. The fourth-order valence-corrected chi connectivity index (χ4v) is 9.17. The molecular weight excluding hydrogens is 556 g/mol. The van der Waals surface area contributed by atoms with Crippen molar-refractivity contribution in [2.24, 2.45) is 0 Å². The lowest BCUT2D eigenvalue weighted by Crippen LogP contribution is -2.26. The number of fused-ring (bicyclic) bond motifs is 10. The van der Waals surface area contributed by atoms with Gasteiger partial charge >= 0.3 is 0 Å². The first-order valence-corrected chi connectivity index (χ1v) is 15.0. The number of rotatable bonds is 2. The van der Waals surface area contributed by atoms with Gasteiger partial charge in [0.15, 0.2) is 0 Å². The fraction of sp³-hybridized carbons (Fsp3) is 0.0811. The lowest BCUT2D eigenvalue weighted by Gasteiger charge is -2.31. The molecule has 0 N–H and O–H groups in total. The second-order valence-corrected chi connectivity index (χ2v) is 12.6. The van der Waals surface area contributed by atoms with E-state index in [0.29, 0.717) is 0 Å². The molecule has 5 aromatic carbocycles. The molecule has 186 valence electrons. The fourth-order valence-electron chi connectivity index (χ4n) is 7.00. The zero-order valence-electron chi connectivity index (χ0n) is 21.8. The maximum absolute atomic E-state index is 4.00. The Bertz CT molecular complexity index is 1930. The van der Waals surface area contributed by atoms with E-state index in [9.17, 15) is 0 Å². The second-order valence-electron chi connectivity index (χ2n) is 10.8. The molecule has 39 heavy (non-hydrogen) atoms. The molecule has 1 unspecified atom stereocenters. The highest BCUT2D eigenvalue weighted by molar-refractivity contribution is 9.10. The zero-order valence-corrected chi connectivity index (χ0v) is 24.2. The molecule has 1 heterocycles. The number of hydrogen-bond donors (Lipinski definition) is 0. The number of aryl methyl sites for hydroxylation is 2. The van der Waals surface area contributed by atoms with Gasteiger partial charge in [-0.25, -0.2) is 0 Å². The van der Waals surface area contributed by atoms with Crippen LogP contribution in [-0.2, 0) is 5.41 Å². The van der Waals surface area contributed by atoms with E-state index in [1.54, 1.807) is 0 Å². The molecule has 1 aromatic heterocycles. The van der Waals surface area contributed by atoms with E-state index < -0.39 is 0 Å². The molecule has 0 amide bonds. The van der Waals surface area contributed by atoms with Crippen molar-refractivity contribution in [2.45, 2.75) is 19.3 Å². The van der Waals surface area contributed by atoms with Crippen molar-refractivity contribution < 1.29 is 0 Å². The zero-order chi connectivity index (χ0) is 26.3. The summed E-state index contributed by atoms with van der Waals surface area (Å²) in [5.74, 6) is 0. The van der Waals surface area contributed by atoms with Gasteiger partial charge in [0.2, 0.25) is 0 Å². The summed E-state index contributed by atoms with van der Waals surface area (Å²) in [7, 11) is 0. The van der Waals surface area contributed by atoms with Gasteiger partial charge in [-0.05, 0) is 70.0 Å². The molecule has 0 bridgehead atoms. The molecular formula is C37H25BrS. The van der Waals surface area contributed by atoms with Crippen molar-refractivity contribution in [1.29, 1.82) is 0 Å².